The van der Waals surface area contributed by atoms with E-state index in [2.05, 4.69) is 34.6 Å². The van der Waals surface area contributed by atoms with Crippen LogP contribution in [0.4, 0.5) is 0 Å². The van der Waals surface area contributed by atoms with Crippen molar-refractivity contribution in [3.8, 4) is 0 Å². The van der Waals surface area contributed by atoms with Crippen LogP contribution >= 0.6 is 0 Å². The van der Waals surface area contributed by atoms with Crippen molar-refractivity contribution in [2.24, 2.45) is 0 Å². The summed E-state index contributed by atoms with van der Waals surface area (Å²) in [6.07, 6.45) is 5.05. The number of piperazine rings is 1. The highest BCUT2D eigenvalue weighted by molar-refractivity contribution is 6.62. The first kappa shape index (κ1) is 25.8. The average molecular weight is 456 g/mol. The van der Waals surface area contributed by atoms with E-state index in [1.807, 2.05) is 36.1 Å². The zero-order chi connectivity index (χ0) is 24.2. The Morgan fingerprint density at radius 3 is 2.12 bits per heavy atom. The molecule has 1 aromatic carbocycles. The summed E-state index contributed by atoms with van der Waals surface area (Å²) < 4.78 is 13.2. The van der Waals surface area contributed by atoms with Gasteiger partial charge in [-0.15, -0.1) is 0 Å². The lowest BCUT2D eigenvalue weighted by Gasteiger charge is -2.42. The number of carbonyl (C=O) groups excluding carboxylic acids is 2. The van der Waals surface area contributed by atoms with Crippen LogP contribution in [0.2, 0.25) is 0 Å². The molecule has 1 atom stereocenters. The standard InChI is InChI=1S/C26H41BN2O4/c1-7-14-22-24(31)28(12-6)17-18-29(22)23(30)20-15-13-16-21(19-20)27-32-25(8-2,9-3)26(10-4,11-5)33-27/h13,15-16,19,22H,7-12,14,17-18H2,1-6H3. The van der Waals surface area contributed by atoms with Crippen LogP contribution in [0, 0.1) is 0 Å². The first-order valence-electron chi connectivity index (χ1n) is 12.9. The molecule has 0 N–H and O–H groups in total. The predicted octanol–water partition coefficient (Wildman–Crippen LogP) is 4.02. The lowest BCUT2D eigenvalue weighted by atomic mass is 9.75. The highest BCUT2D eigenvalue weighted by Crippen LogP contribution is 2.46. The molecule has 6 nitrogen and oxygen atoms in total. The third kappa shape index (κ3) is 4.46. The quantitative estimate of drug-likeness (QED) is 0.527. The molecule has 33 heavy (non-hydrogen) atoms. The van der Waals surface area contributed by atoms with Gasteiger partial charge in [-0.3, -0.25) is 9.59 Å². The van der Waals surface area contributed by atoms with Gasteiger partial charge in [-0.25, -0.2) is 0 Å². The van der Waals surface area contributed by atoms with Crippen LogP contribution in [0.15, 0.2) is 24.3 Å². The molecule has 2 aliphatic heterocycles. The fraction of sp³-hybridized carbons (Fsp3) is 0.692. The van der Waals surface area contributed by atoms with Crippen molar-refractivity contribution in [1.82, 2.24) is 9.80 Å². The topological polar surface area (TPSA) is 59.1 Å². The minimum Gasteiger partial charge on any atom is -0.399 e. The van der Waals surface area contributed by atoms with Crippen LogP contribution < -0.4 is 5.46 Å². The minimum atomic E-state index is -0.498. The van der Waals surface area contributed by atoms with Crippen molar-refractivity contribution in [2.75, 3.05) is 19.6 Å². The van der Waals surface area contributed by atoms with Crippen molar-refractivity contribution in [2.45, 2.75) is 97.3 Å². The molecule has 1 unspecified atom stereocenters. The monoisotopic (exact) mass is 456 g/mol. The Labute approximate surface area is 200 Å². The Hall–Kier alpha value is -1.86. The van der Waals surface area contributed by atoms with Gasteiger partial charge in [0.1, 0.15) is 6.04 Å². The Bertz CT molecular complexity index is 817. The van der Waals surface area contributed by atoms with Gasteiger partial charge in [-0.05, 0) is 56.6 Å². The average Bonchev–Trinajstić information content (AvgIpc) is 3.20. The molecule has 0 saturated carbocycles. The normalized spacial score (nSPS) is 22.2. The molecule has 0 aromatic heterocycles. The van der Waals surface area contributed by atoms with Gasteiger partial charge in [0.05, 0.1) is 11.2 Å². The number of carbonyl (C=O) groups is 2. The third-order valence-electron chi connectivity index (χ3n) is 7.97. The van der Waals surface area contributed by atoms with Crippen molar-refractivity contribution in [1.29, 1.82) is 0 Å². The number of nitrogens with zero attached hydrogens (tertiary/aromatic N) is 2. The number of hydrogen-bond acceptors (Lipinski definition) is 4. The lowest BCUT2D eigenvalue weighted by Crippen LogP contribution is -2.58. The van der Waals surface area contributed by atoms with Crippen molar-refractivity contribution >= 4 is 24.4 Å². The van der Waals surface area contributed by atoms with E-state index in [1.54, 1.807) is 4.90 Å². The smallest absolute Gasteiger partial charge is 0.399 e. The van der Waals surface area contributed by atoms with Gasteiger partial charge in [0.2, 0.25) is 5.91 Å². The highest BCUT2D eigenvalue weighted by atomic mass is 16.7. The summed E-state index contributed by atoms with van der Waals surface area (Å²) in [5.74, 6) is -0.0317. The molecule has 182 valence electrons. The van der Waals surface area contributed by atoms with Crippen molar-refractivity contribution < 1.29 is 18.9 Å². The summed E-state index contributed by atoms with van der Waals surface area (Å²) in [6.45, 7) is 14.5. The Morgan fingerprint density at radius 1 is 1.00 bits per heavy atom. The summed E-state index contributed by atoms with van der Waals surface area (Å²) in [5.41, 5.74) is 0.774. The van der Waals surface area contributed by atoms with E-state index in [-0.39, 0.29) is 29.1 Å². The molecule has 3 rings (SSSR count). The number of amides is 2. The van der Waals surface area contributed by atoms with Gasteiger partial charge in [-0.1, -0.05) is 53.2 Å². The fourth-order valence-corrected chi connectivity index (χ4v) is 5.84. The Morgan fingerprint density at radius 2 is 1.61 bits per heavy atom. The van der Waals surface area contributed by atoms with Crippen LogP contribution in [0.5, 0.6) is 0 Å². The SMILES string of the molecule is CCCC1C(=O)N(CC)CCN1C(=O)c1cccc(B2OC(CC)(CC)C(CC)(CC)O2)c1. The zero-order valence-electron chi connectivity index (χ0n) is 21.4. The molecule has 2 heterocycles. The summed E-state index contributed by atoms with van der Waals surface area (Å²) in [7, 11) is -0.498. The third-order valence-corrected chi connectivity index (χ3v) is 7.97. The minimum absolute atomic E-state index is 0.0592. The molecular formula is C26H41BN2O4. The maximum atomic E-state index is 13.5. The maximum Gasteiger partial charge on any atom is 0.494 e. The van der Waals surface area contributed by atoms with Crippen molar-refractivity contribution in [3.05, 3.63) is 29.8 Å². The van der Waals surface area contributed by atoms with E-state index in [0.29, 0.717) is 31.6 Å². The second-order valence-corrected chi connectivity index (χ2v) is 9.32. The Kier molecular flexibility index (Phi) is 8.28. The summed E-state index contributed by atoms with van der Waals surface area (Å²) in [4.78, 5) is 30.1. The van der Waals surface area contributed by atoms with E-state index >= 15 is 0 Å². The molecule has 0 spiro atoms. The molecule has 0 aliphatic carbocycles. The number of benzene rings is 1. The molecule has 2 fully saturated rings. The second kappa shape index (κ2) is 10.6. The largest absolute Gasteiger partial charge is 0.494 e. The van der Waals surface area contributed by atoms with E-state index in [1.165, 1.54) is 0 Å². The van der Waals surface area contributed by atoms with Crippen LogP contribution in [0.25, 0.3) is 0 Å². The van der Waals surface area contributed by atoms with Gasteiger partial charge in [0.15, 0.2) is 0 Å². The number of rotatable bonds is 9. The van der Waals surface area contributed by atoms with E-state index < -0.39 is 7.12 Å². The molecule has 2 saturated heterocycles. The molecule has 0 radical (unpaired) electrons. The first-order valence-corrected chi connectivity index (χ1v) is 12.9. The second-order valence-electron chi connectivity index (χ2n) is 9.32. The summed E-state index contributed by atoms with van der Waals surface area (Å²) in [5, 5.41) is 0. The fourth-order valence-electron chi connectivity index (χ4n) is 5.84. The summed E-state index contributed by atoms with van der Waals surface area (Å²) >= 11 is 0. The van der Waals surface area contributed by atoms with Gasteiger partial charge in [0, 0.05) is 25.2 Å². The van der Waals surface area contributed by atoms with Gasteiger partial charge < -0.3 is 19.1 Å². The molecule has 2 amide bonds. The van der Waals surface area contributed by atoms with Gasteiger partial charge in [0.25, 0.3) is 5.91 Å². The zero-order valence-corrected chi connectivity index (χ0v) is 21.4. The molecule has 7 heteroatoms. The highest BCUT2D eigenvalue weighted by Gasteiger charge is 2.58. The van der Waals surface area contributed by atoms with Gasteiger partial charge in [-0.2, -0.15) is 0 Å². The van der Waals surface area contributed by atoms with E-state index in [4.69, 9.17) is 9.31 Å². The predicted molar refractivity (Wildman–Crippen MR) is 133 cm³/mol. The lowest BCUT2D eigenvalue weighted by molar-refractivity contribution is -0.140. The van der Waals surface area contributed by atoms with E-state index in [0.717, 1.165) is 37.6 Å². The number of hydrogen-bond donors (Lipinski definition) is 0. The van der Waals surface area contributed by atoms with Crippen LogP contribution in [-0.4, -0.2) is 65.6 Å². The molecular weight excluding hydrogens is 415 g/mol. The van der Waals surface area contributed by atoms with Crippen LogP contribution in [-0.2, 0) is 14.1 Å². The van der Waals surface area contributed by atoms with Gasteiger partial charge >= 0.3 is 7.12 Å². The summed E-state index contributed by atoms with van der Waals surface area (Å²) in [6, 6.07) is 7.21. The molecule has 0 bridgehead atoms. The van der Waals surface area contributed by atoms with Crippen LogP contribution in [0.1, 0.15) is 90.4 Å². The first-order chi connectivity index (χ1) is 15.9. The maximum absolute atomic E-state index is 13.5. The molecule has 1 aromatic rings. The number of likely N-dealkylation sites (N-methyl/N-ethyl adjacent to an activating group) is 1. The van der Waals surface area contributed by atoms with Crippen molar-refractivity contribution in [3.63, 3.8) is 0 Å². The molecule has 2 aliphatic rings. The van der Waals surface area contributed by atoms with E-state index in [9.17, 15) is 9.59 Å². The van der Waals surface area contributed by atoms with Crippen LogP contribution in [0.3, 0.4) is 0 Å². The Balaban J connectivity index is 1.88.